The summed E-state index contributed by atoms with van der Waals surface area (Å²) in [5.41, 5.74) is 1.51. The summed E-state index contributed by atoms with van der Waals surface area (Å²) in [4.78, 5) is 27.4. The van der Waals surface area contributed by atoms with Crippen LogP contribution in [0.15, 0.2) is 42.7 Å². The Balaban J connectivity index is 1.96. The van der Waals surface area contributed by atoms with E-state index in [0.29, 0.717) is 22.6 Å². The molecule has 2 heterocycles. The van der Waals surface area contributed by atoms with Crippen LogP contribution in [-0.2, 0) is 4.79 Å². The Hall–Kier alpha value is -2.69. The molecule has 2 aromatic rings. The van der Waals surface area contributed by atoms with Crippen molar-refractivity contribution >= 4 is 17.4 Å². The van der Waals surface area contributed by atoms with Crippen molar-refractivity contribution in [2.24, 2.45) is 0 Å². The highest BCUT2D eigenvalue weighted by Gasteiger charge is 2.18. The molecule has 0 saturated heterocycles. The maximum atomic E-state index is 12.2. The van der Waals surface area contributed by atoms with E-state index in [0.717, 1.165) is 0 Å². The predicted octanol–water partition coefficient (Wildman–Crippen LogP) is 1.64. The molecule has 94 valence electrons. The number of ether oxygens (including phenoxy) is 1. The van der Waals surface area contributed by atoms with Crippen molar-refractivity contribution in [3.05, 3.63) is 53.9 Å². The molecule has 0 spiro atoms. The Kier molecular flexibility index (Phi) is 2.72. The van der Waals surface area contributed by atoms with Crippen LogP contribution in [0.3, 0.4) is 0 Å². The maximum absolute atomic E-state index is 12.2. The second kappa shape index (κ2) is 4.53. The van der Waals surface area contributed by atoms with Crippen LogP contribution in [0.5, 0.6) is 5.75 Å². The van der Waals surface area contributed by atoms with Crippen molar-refractivity contribution in [3.63, 3.8) is 0 Å². The van der Waals surface area contributed by atoms with Gasteiger partial charge in [0.25, 0.3) is 5.91 Å². The number of amides is 1. The van der Waals surface area contributed by atoms with Gasteiger partial charge in [0.05, 0.1) is 5.69 Å². The van der Waals surface area contributed by atoms with Gasteiger partial charge >= 0.3 is 0 Å². The van der Waals surface area contributed by atoms with Crippen molar-refractivity contribution in [1.82, 2.24) is 4.98 Å². The van der Waals surface area contributed by atoms with Gasteiger partial charge in [-0.05, 0) is 30.3 Å². The molecule has 0 unspecified atom stereocenters. The highest BCUT2D eigenvalue weighted by molar-refractivity contribution is 6.10. The second-order valence-electron chi connectivity index (χ2n) is 4.12. The number of anilines is 1. The molecule has 0 atom stereocenters. The normalized spacial score (nSPS) is 13.2. The summed E-state index contributed by atoms with van der Waals surface area (Å²) in [6.07, 6.45) is 3.12. The zero-order chi connectivity index (χ0) is 13.2. The minimum Gasteiger partial charge on any atom is -0.482 e. The van der Waals surface area contributed by atoms with Gasteiger partial charge in [-0.2, -0.15) is 0 Å². The van der Waals surface area contributed by atoms with Crippen molar-refractivity contribution < 1.29 is 14.3 Å². The van der Waals surface area contributed by atoms with Crippen molar-refractivity contribution in [2.45, 2.75) is 0 Å². The van der Waals surface area contributed by atoms with Gasteiger partial charge in [-0.15, -0.1) is 0 Å². The molecule has 0 bridgehead atoms. The lowest BCUT2D eigenvalue weighted by Gasteiger charge is -2.18. The molecule has 0 fully saturated rings. The summed E-state index contributed by atoms with van der Waals surface area (Å²) in [5.74, 6) is 0.205. The summed E-state index contributed by atoms with van der Waals surface area (Å²) in [5, 5.41) is 2.67. The largest absolute Gasteiger partial charge is 0.482 e. The Bertz CT molecular complexity index is 653. The fourth-order valence-corrected chi connectivity index (χ4v) is 1.89. The number of pyridine rings is 1. The molecule has 19 heavy (non-hydrogen) atoms. The number of hydrogen-bond acceptors (Lipinski definition) is 4. The van der Waals surface area contributed by atoms with Gasteiger partial charge in [0.1, 0.15) is 5.75 Å². The third kappa shape index (κ3) is 2.18. The SMILES string of the molecule is O=C1COc2ccc(C(=O)c3cccnc3)cc2N1. The fourth-order valence-electron chi connectivity index (χ4n) is 1.89. The molecule has 1 amide bonds. The number of carbonyl (C=O) groups is 2. The van der Waals surface area contributed by atoms with Gasteiger partial charge in [0.2, 0.25) is 0 Å². The number of fused-ring (bicyclic) bond motifs is 1. The standard InChI is InChI=1S/C14H10N2O3/c17-13-8-19-12-4-3-9(6-11(12)16-13)14(18)10-2-1-5-15-7-10/h1-7H,8H2,(H,16,17). The summed E-state index contributed by atoms with van der Waals surface area (Å²) in [6, 6.07) is 8.37. The molecule has 1 aromatic heterocycles. The first kappa shape index (κ1) is 11.4. The number of carbonyl (C=O) groups excluding carboxylic acids is 2. The molecule has 1 N–H and O–H groups in total. The monoisotopic (exact) mass is 254 g/mol. The lowest BCUT2D eigenvalue weighted by Crippen LogP contribution is -2.25. The summed E-state index contributed by atoms with van der Waals surface area (Å²) >= 11 is 0. The average molecular weight is 254 g/mol. The number of rotatable bonds is 2. The quantitative estimate of drug-likeness (QED) is 0.827. The van der Waals surface area contributed by atoms with Gasteiger partial charge in [0.15, 0.2) is 12.4 Å². The number of nitrogens with zero attached hydrogens (tertiary/aromatic N) is 1. The Morgan fingerprint density at radius 1 is 1.26 bits per heavy atom. The van der Waals surface area contributed by atoms with Crippen LogP contribution in [0.25, 0.3) is 0 Å². The average Bonchev–Trinajstić information content (AvgIpc) is 2.46. The van der Waals surface area contributed by atoms with E-state index in [1.807, 2.05) is 0 Å². The third-order valence-corrected chi connectivity index (χ3v) is 2.80. The van der Waals surface area contributed by atoms with Gasteiger partial charge < -0.3 is 10.1 Å². The lowest BCUT2D eigenvalue weighted by molar-refractivity contribution is -0.118. The Morgan fingerprint density at radius 2 is 2.16 bits per heavy atom. The first-order chi connectivity index (χ1) is 9.24. The van der Waals surface area contributed by atoms with Crippen molar-refractivity contribution in [3.8, 4) is 5.75 Å². The highest BCUT2D eigenvalue weighted by atomic mass is 16.5. The van der Waals surface area contributed by atoms with E-state index in [1.165, 1.54) is 6.20 Å². The lowest BCUT2D eigenvalue weighted by atomic mass is 10.0. The number of aromatic nitrogens is 1. The zero-order valence-corrected chi connectivity index (χ0v) is 9.92. The van der Waals surface area contributed by atoms with E-state index >= 15 is 0 Å². The van der Waals surface area contributed by atoms with Gasteiger partial charge in [-0.1, -0.05) is 0 Å². The van der Waals surface area contributed by atoms with Crippen molar-refractivity contribution in [1.29, 1.82) is 0 Å². The first-order valence-corrected chi connectivity index (χ1v) is 5.75. The third-order valence-electron chi connectivity index (χ3n) is 2.80. The number of nitrogens with one attached hydrogen (secondary N) is 1. The maximum Gasteiger partial charge on any atom is 0.262 e. The molecular formula is C14H10N2O3. The molecule has 5 heteroatoms. The van der Waals surface area contributed by atoms with E-state index in [-0.39, 0.29) is 18.3 Å². The first-order valence-electron chi connectivity index (χ1n) is 5.75. The number of hydrogen-bond donors (Lipinski definition) is 1. The fraction of sp³-hybridized carbons (Fsp3) is 0.0714. The summed E-state index contributed by atoms with van der Waals surface area (Å²) in [6.45, 7) is 0.00288. The minimum atomic E-state index is -0.224. The van der Waals surface area contributed by atoms with E-state index < -0.39 is 0 Å². The van der Waals surface area contributed by atoms with E-state index in [1.54, 1.807) is 36.5 Å². The molecule has 1 aromatic carbocycles. The van der Waals surface area contributed by atoms with E-state index in [9.17, 15) is 9.59 Å². The van der Waals surface area contributed by atoms with Crippen LogP contribution >= 0.6 is 0 Å². The molecule has 1 aliphatic heterocycles. The molecule has 5 nitrogen and oxygen atoms in total. The van der Waals surface area contributed by atoms with Crippen LogP contribution in [-0.4, -0.2) is 23.3 Å². The topological polar surface area (TPSA) is 68.3 Å². The van der Waals surface area contributed by atoms with E-state index in [2.05, 4.69) is 10.3 Å². The smallest absolute Gasteiger partial charge is 0.262 e. The van der Waals surface area contributed by atoms with Gasteiger partial charge in [0, 0.05) is 23.5 Å². The zero-order valence-electron chi connectivity index (χ0n) is 9.92. The summed E-state index contributed by atoms with van der Waals surface area (Å²) < 4.78 is 5.24. The predicted molar refractivity (Wildman–Crippen MR) is 68.2 cm³/mol. The van der Waals surface area contributed by atoms with Gasteiger partial charge in [-0.3, -0.25) is 14.6 Å². The Morgan fingerprint density at radius 3 is 2.95 bits per heavy atom. The second-order valence-corrected chi connectivity index (χ2v) is 4.12. The van der Waals surface area contributed by atoms with Crippen LogP contribution < -0.4 is 10.1 Å². The molecule has 0 radical (unpaired) electrons. The molecule has 0 aliphatic carbocycles. The van der Waals surface area contributed by atoms with Gasteiger partial charge in [-0.25, -0.2) is 0 Å². The molecule has 1 aliphatic rings. The number of ketones is 1. The highest BCUT2D eigenvalue weighted by Crippen LogP contribution is 2.29. The van der Waals surface area contributed by atoms with Crippen LogP contribution in [0.2, 0.25) is 0 Å². The van der Waals surface area contributed by atoms with Crippen molar-refractivity contribution in [2.75, 3.05) is 11.9 Å². The minimum absolute atomic E-state index is 0.00288. The Labute approximate surface area is 109 Å². The summed E-state index contributed by atoms with van der Waals surface area (Å²) in [7, 11) is 0. The molecule has 0 saturated carbocycles. The van der Waals surface area contributed by atoms with E-state index in [4.69, 9.17) is 4.74 Å². The van der Waals surface area contributed by atoms with Crippen LogP contribution in [0, 0.1) is 0 Å². The van der Waals surface area contributed by atoms with Crippen LogP contribution in [0.1, 0.15) is 15.9 Å². The number of benzene rings is 1. The molecule has 3 rings (SSSR count). The van der Waals surface area contributed by atoms with Crippen LogP contribution in [0.4, 0.5) is 5.69 Å². The molecular weight excluding hydrogens is 244 g/mol.